The predicted octanol–water partition coefficient (Wildman–Crippen LogP) is 2.46. The molecule has 30 heavy (non-hydrogen) atoms. The number of rotatable bonds is 13. The SMILES string of the molecule is CCNC(=NCCCOCCOC)NCCCN1CCN(c2cccc(Cl)c2)CC1. The van der Waals surface area contributed by atoms with Gasteiger partial charge in [-0.2, -0.15) is 0 Å². The number of hydrogen-bond acceptors (Lipinski definition) is 5. The molecule has 2 N–H and O–H groups in total. The maximum Gasteiger partial charge on any atom is 0.191 e. The van der Waals surface area contributed by atoms with Crippen LogP contribution in [0.3, 0.4) is 0 Å². The molecule has 0 aromatic heterocycles. The van der Waals surface area contributed by atoms with Gasteiger partial charge in [-0.15, -0.1) is 0 Å². The Bertz CT molecular complexity index is 609. The molecule has 170 valence electrons. The molecule has 0 unspecified atom stereocenters. The van der Waals surface area contributed by atoms with E-state index in [0.29, 0.717) is 19.8 Å². The van der Waals surface area contributed by atoms with Crippen LogP contribution in [0.15, 0.2) is 29.3 Å². The first-order chi connectivity index (χ1) is 14.7. The highest BCUT2D eigenvalue weighted by Crippen LogP contribution is 2.20. The fourth-order valence-corrected chi connectivity index (χ4v) is 3.54. The molecule has 0 spiro atoms. The normalized spacial score (nSPS) is 15.4. The number of anilines is 1. The summed E-state index contributed by atoms with van der Waals surface area (Å²) >= 11 is 6.12. The molecule has 0 aliphatic carbocycles. The van der Waals surface area contributed by atoms with Crippen LogP contribution in [-0.2, 0) is 9.47 Å². The van der Waals surface area contributed by atoms with Gasteiger partial charge in [0.1, 0.15) is 0 Å². The number of methoxy groups -OCH3 is 1. The topological polar surface area (TPSA) is 61.4 Å². The zero-order valence-electron chi connectivity index (χ0n) is 18.5. The Labute approximate surface area is 186 Å². The van der Waals surface area contributed by atoms with Gasteiger partial charge in [-0.1, -0.05) is 17.7 Å². The number of aliphatic imine (C=N–C) groups is 1. The summed E-state index contributed by atoms with van der Waals surface area (Å²) in [5, 5.41) is 7.55. The molecular weight excluding hydrogens is 402 g/mol. The van der Waals surface area contributed by atoms with Gasteiger partial charge < -0.3 is 25.0 Å². The van der Waals surface area contributed by atoms with E-state index in [1.54, 1.807) is 7.11 Å². The third-order valence-corrected chi connectivity index (χ3v) is 5.22. The Balaban J connectivity index is 1.58. The molecule has 2 rings (SSSR count). The van der Waals surface area contributed by atoms with Crippen molar-refractivity contribution in [2.75, 3.05) is 84.2 Å². The first-order valence-corrected chi connectivity index (χ1v) is 11.4. The molecule has 0 saturated carbocycles. The molecular formula is C22H38ClN5O2. The number of guanidine groups is 1. The van der Waals surface area contributed by atoms with Gasteiger partial charge in [0, 0.05) is 70.2 Å². The van der Waals surface area contributed by atoms with Crippen molar-refractivity contribution in [1.82, 2.24) is 15.5 Å². The Morgan fingerprint density at radius 1 is 1.10 bits per heavy atom. The zero-order valence-corrected chi connectivity index (χ0v) is 19.3. The lowest BCUT2D eigenvalue weighted by atomic mass is 10.2. The summed E-state index contributed by atoms with van der Waals surface area (Å²) in [6.07, 6.45) is 2.01. The fourth-order valence-electron chi connectivity index (χ4n) is 3.36. The lowest BCUT2D eigenvalue weighted by Crippen LogP contribution is -2.47. The largest absolute Gasteiger partial charge is 0.382 e. The number of nitrogens with zero attached hydrogens (tertiary/aromatic N) is 3. The molecule has 0 radical (unpaired) electrons. The van der Waals surface area contributed by atoms with Crippen LogP contribution in [0.2, 0.25) is 5.02 Å². The van der Waals surface area contributed by atoms with E-state index in [1.807, 2.05) is 12.1 Å². The molecule has 0 amide bonds. The van der Waals surface area contributed by atoms with Gasteiger partial charge in [0.15, 0.2) is 5.96 Å². The first-order valence-electron chi connectivity index (χ1n) is 11.0. The summed E-state index contributed by atoms with van der Waals surface area (Å²) in [5.41, 5.74) is 1.22. The lowest BCUT2D eigenvalue weighted by Gasteiger charge is -2.36. The average Bonchev–Trinajstić information content (AvgIpc) is 2.76. The molecule has 1 heterocycles. The summed E-state index contributed by atoms with van der Waals surface area (Å²) in [7, 11) is 1.68. The Kier molecular flexibility index (Phi) is 12.6. The number of halogens is 1. The van der Waals surface area contributed by atoms with Crippen molar-refractivity contribution in [3.05, 3.63) is 29.3 Å². The van der Waals surface area contributed by atoms with Crippen LogP contribution in [0, 0.1) is 0 Å². The van der Waals surface area contributed by atoms with Crippen LogP contribution >= 0.6 is 11.6 Å². The van der Waals surface area contributed by atoms with Crippen molar-refractivity contribution in [3.63, 3.8) is 0 Å². The van der Waals surface area contributed by atoms with Crippen LogP contribution < -0.4 is 15.5 Å². The third kappa shape index (κ3) is 9.98. The van der Waals surface area contributed by atoms with Crippen LogP contribution in [0.1, 0.15) is 19.8 Å². The monoisotopic (exact) mass is 439 g/mol. The highest BCUT2D eigenvalue weighted by molar-refractivity contribution is 6.30. The van der Waals surface area contributed by atoms with Crippen molar-refractivity contribution >= 4 is 23.2 Å². The first kappa shape index (κ1) is 24.7. The van der Waals surface area contributed by atoms with Crippen molar-refractivity contribution in [2.45, 2.75) is 19.8 Å². The fraction of sp³-hybridized carbons (Fsp3) is 0.682. The van der Waals surface area contributed by atoms with Gasteiger partial charge in [0.05, 0.1) is 13.2 Å². The predicted molar refractivity (Wildman–Crippen MR) is 126 cm³/mol. The maximum atomic E-state index is 6.12. The summed E-state index contributed by atoms with van der Waals surface area (Å²) in [5.74, 6) is 0.889. The minimum Gasteiger partial charge on any atom is -0.382 e. The Morgan fingerprint density at radius 3 is 2.67 bits per heavy atom. The maximum absolute atomic E-state index is 6.12. The van der Waals surface area contributed by atoms with Gasteiger partial charge in [0.25, 0.3) is 0 Å². The lowest BCUT2D eigenvalue weighted by molar-refractivity contribution is 0.0702. The quantitative estimate of drug-likeness (QED) is 0.280. The summed E-state index contributed by atoms with van der Waals surface area (Å²) in [6.45, 7) is 12.0. The second-order valence-electron chi connectivity index (χ2n) is 7.31. The van der Waals surface area contributed by atoms with Crippen LogP contribution in [0.4, 0.5) is 5.69 Å². The molecule has 7 nitrogen and oxygen atoms in total. The standard InChI is InChI=1S/C22H38ClN5O2/c1-3-24-22(26-10-6-16-30-18-17-29-2)25-9-5-11-27-12-14-28(15-13-27)21-8-4-7-20(23)19-21/h4,7-8,19H,3,5-6,9-18H2,1-2H3,(H2,24,25,26). The Hall–Kier alpha value is -1.54. The molecule has 1 aromatic rings. The van der Waals surface area contributed by atoms with E-state index in [-0.39, 0.29) is 0 Å². The highest BCUT2D eigenvalue weighted by atomic mass is 35.5. The molecule has 1 saturated heterocycles. The molecule has 0 atom stereocenters. The highest BCUT2D eigenvalue weighted by Gasteiger charge is 2.16. The van der Waals surface area contributed by atoms with E-state index in [0.717, 1.165) is 76.2 Å². The van der Waals surface area contributed by atoms with E-state index in [9.17, 15) is 0 Å². The van der Waals surface area contributed by atoms with E-state index < -0.39 is 0 Å². The van der Waals surface area contributed by atoms with Crippen LogP contribution in [-0.4, -0.2) is 90.1 Å². The minimum atomic E-state index is 0.642. The number of nitrogens with one attached hydrogen (secondary N) is 2. The molecule has 8 heteroatoms. The smallest absolute Gasteiger partial charge is 0.191 e. The van der Waals surface area contributed by atoms with E-state index in [1.165, 1.54) is 5.69 Å². The van der Waals surface area contributed by atoms with Gasteiger partial charge in [-0.3, -0.25) is 9.89 Å². The number of hydrogen-bond donors (Lipinski definition) is 2. The molecule has 1 aromatic carbocycles. The van der Waals surface area contributed by atoms with Crippen molar-refractivity contribution < 1.29 is 9.47 Å². The van der Waals surface area contributed by atoms with Crippen molar-refractivity contribution in [1.29, 1.82) is 0 Å². The second kappa shape index (κ2) is 15.3. The third-order valence-electron chi connectivity index (χ3n) is 4.98. The van der Waals surface area contributed by atoms with Gasteiger partial charge in [0.2, 0.25) is 0 Å². The number of benzene rings is 1. The zero-order chi connectivity index (χ0) is 21.4. The second-order valence-corrected chi connectivity index (χ2v) is 7.74. The van der Waals surface area contributed by atoms with E-state index >= 15 is 0 Å². The molecule has 1 aliphatic heterocycles. The summed E-state index contributed by atoms with van der Waals surface area (Å²) in [4.78, 5) is 9.56. The molecule has 0 bridgehead atoms. The summed E-state index contributed by atoms with van der Waals surface area (Å²) in [6, 6.07) is 8.14. The van der Waals surface area contributed by atoms with Crippen molar-refractivity contribution in [3.8, 4) is 0 Å². The molecule has 1 aliphatic rings. The summed E-state index contributed by atoms with van der Waals surface area (Å²) < 4.78 is 10.4. The van der Waals surface area contributed by atoms with E-state index in [4.69, 9.17) is 21.1 Å². The van der Waals surface area contributed by atoms with E-state index in [2.05, 4.69) is 44.5 Å². The Morgan fingerprint density at radius 2 is 1.93 bits per heavy atom. The number of ether oxygens (including phenoxy) is 2. The minimum absolute atomic E-state index is 0.642. The average molecular weight is 440 g/mol. The van der Waals surface area contributed by atoms with Gasteiger partial charge in [-0.05, 0) is 44.5 Å². The molecule has 1 fully saturated rings. The van der Waals surface area contributed by atoms with Crippen LogP contribution in [0.5, 0.6) is 0 Å². The number of piperazine rings is 1. The van der Waals surface area contributed by atoms with Gasteiger partial charge in [-0.25, -0.2) is 0 Å². The van der Waals surface area contributed by atoms with Crippen LogP contribution in [0.25, 0.3) is 0 Å². The van der Waals surface area contributed by atoms with Gasteiger partial charge >= 0.3 is 0 Å². The van der Waals surface area contributed by atoms with Crippen molar-refractivity contribution in [2.24, 2.45) is 4.99 Å².